The van der Waals surface area contributed by atoms with Crippen LogP contribution in [0.15, 0.2) is 42.6 Å². The molecule has 20 heavy (non-hydrogen) atoms. The number of hydrogen-bond acceptors (Lipinski definition) is 2. The van der Waals surface area contributed by atoms with Gasteiger partial charge in [0.1, 0.15) is 5.92 Å². The molecule has 1 atom stereocenters. The predicted molar refractivity (Wildman–Crippen MR) is 79.0 cm³/mol. The van der Waals surface area contributed by atoms with E-state index in [9.17, 15) is 9.90 Å². The van der Waals surface area contributed by atoms with Crippen molar-refractivity contribution in [3.05, 3.63) is 65.0 Å². The van der Waals surface area contributed by atoms with Gasteiger partial charge in [0, 0.05) is 6.20 Å². The number of benzene rings is 1. The van der Waals surface area contributed by atoms with Gasteiger partial charge < -0.3 is 5.11 Å². The van der Waals surface area contributed by atoms with Crippen LogP contribution in [0.3, 0.4) is 0 Å². The smallest absolute Gasteiger partial charge is 0.317 e. The third kappa shape index (κ3) is 2.87. The average Bonchev–Trinajstić information content (AvgIpc) is 2.41. The molecule has 0 fully saturated rings. The SMILES string of the molecule is Cc1ccc(C(C)C)cc1C(C(=O)O)c1ccccn1. The van der Waals surface area contributed by atoms with E-state index in [-0.39, 0.29) is 0 Å². The molecule has 0 amide bonds. The summed E-state index contributed by atoms with van der Waals surface area (Å²) in [6.45, 7) is 6.15. The second-order valence-corrected chi connectivity index (χ2v) is 5.30. The van der Waals surface area contributed by atoms with Gasteiger partial charge in [0.25, 0.3) is 0 Å². The summed E-state index contributed by atoms with van der Waals surface area (Å²) in [5.74, 6) is -1.21. The molecule has 1 N–H and O–H groups in total. The van der Waals surface area contributed by atoms with Crippen molar-refractivity contribution in [3.8, 4) is 0 Å². The van der Waals surface area contributed by atoms with E-state index < -0.39 is 11.9 Å². The maximum Gasteiger partial charge on any atom is 0.317 e. The molecule has 0 aliphatic heterocycles. The number of hydrogen-bond donors (Lipinski definition) is 1. The lowest BCUT2D eigenvalue weighted by Gasteiger charge is -2.17. The topological polar surface area (TPSA) is 50.2 Å². The van der Waals surface area contributed by atoms with E-state index in [1.807, 2.05) is 25.1 Å². The maximum atomic E-state index is 11.7. The minimum absolute atomic E-state index is 0.368. The lowest BCUT2D eigenvalue weighted by atomic mass is 9.88. The van der Waals surface area contributed by atoms with Gasteiger partial charge in [-0.3, -0.25) is 9.78 Å². The van der Waals surface area contributed by atoms with Gasteiger partial charge in [0.2, 0.25) is 0 Å². The Kier molecular flexibility index (Phi) is 4.18. The number of carboxylic acids is 1. The quantitative estimate of drug-likeness (QED) is 0.920. The molecule has 1 aromatic heterocycles. The molecule has 104 valence electrons. The number of aromatic nitrogens is 1. The monoisotopic (exact) mass is 269 g/mol. The molecule has 0 aliphatic rings. The summed E-state index contributed by atoms with van der Waals surface area (Å²) in [5.41, 5.74) is 3.52. The van der Waals surface area contributed by atoms with Gasteiger partial charge in [-0.15, -0.1) is 0 Å². The summed E-state index contributed by atoms with van der Waals surface area (Å²) in [6, 6.07) is 11.4. The fraction of sp³-hybridized carbons (Fsp3) is 0.294. The van der Waals surface area contributed by atoms with E-state index in [2.05, 4.69) is 24.9 Å². The second kappa shape index (κ2) is 5.87. The number of pyridine rings is 1. The Morgan fingerprint density at radius 2 is 1.95 bits per heavy atom. The normalized spacial score (nSPS) is 12.4. The Hall–Kier alpha value is -2.16. The van der Waals surface area contributed by atoms with Crippen molar-refractivity contribution in [2.45, 2.75) is 32.6 Å². The minimum atomic E-state index is -0.868. The van der Waals surface area contributed by atoms with Gasteiger partial charge in [-0.1, -0.05) is 38.1 Å². The molecular weight excluding hydrogens is 250 g/mol. The number of nitrogens with zero attached hydrogens (tertiary/aromatic N) is 1. The standard InChI is InChI=1S/C17H19NO2/c1-11(2)13-8-7-12(3)14(10-13)16(17(19)20)15-6-4-5-9-18-15/h4-11,16H,1-3H3,(H,19,20). The van der Waals surface area contributed by atoms with Crippen molar-refractivity contribution in [2.75, 3.05) is 0 Å². The van der Waals surface area contributed by atoms with Gasteiger partial charge in [-0.2, -0.15) is 0 Å². The van der Waals surface area contributed by atoms with Crippen LogP contribution in [0.2, 0.25) is 0 Å². The van der Waals surface area contributed by atoms with Crippen molar-refractivity contribution < 1.29 is 9.90 Å². The van der Waals surface area contributed by atoms with Crippen molar-refractivity contribution in [3.63, 3.8) is 0 Å². The van der Waals surface area contributed by atoms with E-state index in [4.69, 9.17) is 0 Å². The highest BCUT2D eigenvalue weighted by Gasteiger charge is 2.25. The summed E-state index contributed by atoms with van der Waals surface area (Å²) >= 11 is 0. The number of rotatable bonds is 4. The van der Waals surface area contributed by atoms with Crippen LogP contribution in [-0.2, 0) is 4.79 Å². The van der Waals surface area contributed by atoms with Crippen LogP contribution < -0.4 is 0 Å². The molecule has 0 saturated heterocycles. The molecule has 0 saturated carbocycles. The predicted octanol–water partition coefficient (Wildman–Crippen LogP) is 3.73. The third-order valence-corrected chi connectivity index (χ3v) is 3.51. The second-order valence-electron chi connectivity index (χ2n) is 5.30. The molecule has 0 spiro atoms. The molecule has 2 rings (SSSR count). The molecule has 2 aromatic rings. The Bertz CT molecular complexity index is 606. The van der Waals surface area contributed by atoms with Gasteiger partial charge in [0.15, 0.2) is 0 Å². The fourth-order valence-electron chi connectivity index (χ4n) is 2.29. The summed E-state index contributed by atoms with van der Waals surface area (Å²) in [7, 11) is 0. The Balaban J connectivity index is 2.55. The van der Waals surface area contributed by atoms with Crippen LogP contribution in [0.4, 0.5) is 0 Å². The highest BCUT2D eigenvalue weighted by atomic mass is 16.4. The molecule has 3 heteroatoms. The van der Waals surface area contributed by atoms with Crippen LogP contribution in [0.1, 0.15) is 48.1 Å². The van der Waals surface area contributed by atoms with Crippen molar-refractivity contribution >= 4 is 5.97 Å². The first-order valence-corrected chi connectivity index (χ1v) is 6.75. The zero-order valence-electron chi connectivity index (χ0n) is 12.0. The lowest BCUT2D eigenvalue weighted by Crippen LogP contribution is -2.16. The van der Waals surface area contributed by atoms with Crippen molar-refractivity contribution in [2.24, 2.45) is 0 Å². The Morgan fingerprint density at radius 1 is 1.20 bits per heavy atom. The Labute approximate surface area is 119 Å². The molecular formula is C17H19NO2. The third-order valence-electron chi connectivity index (χ3n) is 3.51. The van der Waals surface area contributed by atoms with Crippen molar-refractivity contribution in [1.82, 2.24) is 4.98 Å². The number of carbonyl (C=O) groups is 1. The largest absolute Gasteiger partial charge is 0.480 e. The van der Waals surface area contributed by atoms with Crippen LogP contribution in [0, 0.1) is 6.92 Å². The molecule has 1 heterocycles. The van der Waals surface area contributed by atoms with E-state index >= 15 is 0 Å². The lowest BCUT2D eigenvalue weighted by molar-refractivity contribution is -0.137. The van der Waals surface area contributed by atoms with Crippen molar-refractivity contribution in [1.29, 1.82) is 0 Å². The van der Waals surface area contributed by atoms with Gasteiger partial charge in [-0.25, -0.2) is 0 Å². The van der Waals surface area contributed by atoms with Gasteiger partial charge in [-0.05, 0) is 41.7 Å². The molecule has 0 aliphatic carbocycles. The number of carboxylic acid groups (broad SMARTS) is 1. The zero-order chi connectivity index (χ0) is 14.7. The van der Waals surface area contributed by atoms with Crippen LogP contribution in [0.25, 0.3) is 0 Å². The van der Waals surface area contributed by atoms with Crippen LogP contribution in [0.5, 0.6) is 0 Å². The highest BCUT2D eigenvalue weighted by molar-refractivity contribution is 5.80. The van der Waals surface area contributed by atoms with Gasteiger partial charge in [0.05, 0.1) is 5.69 Å². The first-order chi connectivity index (χ1) is 9.50. The molecule has 1 aromatic carbocycles. The Morgan fingerprint density at radius 3 is 2.50 bits per heavy atom. The van der Waals surface area contributed by atoms with Gasteiger partial charge >= 0.3 is 5.97 Å². The van der Waals surface area contributed by atoms with Crippen LogP contribution in [-0.4, -0.2) is 16.1 Å². The average molecular weight is 269 g/mol. The summed E-state index contributed by atoms with van der Waals surface area (Å²) in [5, 5.41) is 9.59. The number of aryl methyl sites for hydroxylation is 1. The van der Waals surface area contributed by atoms with E-state index in [0.29, 0.717) is 11.6 Å². The summed E-state index contributed by atoms with van der Waals surface area (Å²) in [6.07, 6.45) is 1.63. The molecule has 0 bridgehead atoms. The number of aliphatic carboxylic acids is 1. The zero-order valence-corrected chi connectivity index (χ0v) is 12.0. The van der Waals surface area contributed by atoms with E-state index in [0.717, 1.165) is 16.7 Å². The van der Waals surface area contributed by atoms with E-state index in [1.54, 1.807) is 18.3 Å². The minimum Gasteiger partial charge on any atom is -0.480 e. The molecule has 1 unspecified atom stereocenters. The first kappa shape index (κ1) is 14.3. The van der Waals surface area contributed by atoms with E-state index in [1.165, 1.54) is 0 Å². The van der Waals surface area contributed by atoms with Crippen LogP contribution >= 0.6 is 0 Å². The molecule has 0 radical (unpaired) electrons. The fourth-order valence-corrected chi connectivity index (χ4v) is 2.29. The summed E-state index contributed by atoms with van der Waals surface area (Å²) < 4.78 is 0. The molecule has 3 nitrogen and oxygen atoms in total. The highest BCUT2D eigenvalue weighted by Crippen LogP contribution is 2.29. The summed E-state index contributed by atoms with van der Waals surface area (Å²) in [4.78, 5) is 15.9. The maximum absolute atomic E-state index is 11.7. The first-order valence-electron chi connectivity index (χ1n) is 6.75.